The Morgan fingerprint density at radius 3 is 2.35 bits per heavy atom. The summed E-state index contributed by atoms with van der Waals surface area (Å²) in [4.78, 5) is 18.1. The Labute approximate surface area is 292 Å². The normalized spacial score (nSPS) is 12.0. The zero-order valence-electron chi connectivity index (χ0n) is 30.6. The second-order valence-electron chi connectivity index (χ2n) is 13.5. The molecule has 0 amide bonds. The summed E-state index contributed by atoms with van der Waals surface area (Å²) in [6, 6.07) is 14.0. The van der Waals surface area contributed by atoms with Crippen molar-refractivity contribution in [3.8, 4) is 11.1 Å². The molecule has 4 rings (SSSR count). The van der Waals surface area contributed by atoms with Gasteiger partial charge in [-0.2, -0.15) is 0 Å². The lowest BCUT2D eigenvalue weighted by atomic mass is 9.96. The number of carbonyl (C=O) groups excluding carboxylic acids is 1. The molecule has 0 spiro atoms. The Hall–Kier alpha value is -3.74. The minimum Gasteiger partial charge on any atom is -0.461 e. The Kier molecular flexibility index (Phi) is 12.7. The molecule has 2 aromatic heterocycles. The van der Waals surface area contributed by atoms with Crippen molar-refractivity contribution in [2.24, 2.45) is 0 Å². The van der Waals surface area contributed by atoms with Crippen LogP contribution in [0, 0.1) is 13.8 Å². The number of ether oxygens (including phenoxy) is 2. The second kappa shape index (κ2) is 16.3. The van der Waals surface area contributed by atoms with Crippen molar-refractivity contribution in [2.75, 3.05) is 24.2 Å². The van der Waals surface area contributed by atoms with Gasteiger partial charge in [-0.15, -0.1) is 0 Å². The summed E-state index contributed by atoms with van der Waals surface area (Å²) >= 11 is 0. The molecule has 0 bridgehead atoms. The predicted octanol–water partition coefficient (Wildman–Crippen LogP) is 7.96. The smallest absolute Gasteiger partial charge is 0.356 e. The maximum Gasteiger partial charge on any atom is 0.356 e. The summed E-state index contributed by atoms with van der Waals surface area (Å²) in [5.74, 6) is 0.636. The number of rotatable bonds is 17. The molecule has 0 atom stereocenters. The molecular weight excluding hydrogens is 657 g/mol. The number of aryl methyl sites for hydroxylation is 4. The predicted molar refractivity (Wildman–Crippen MR) is 197 cm³/mol. The van der Waals surface area contributed by atoms with Crippen molar-refractivity contribution >= 4 is 30.0 Å². The summed E-state index contributed by atoms with van der Waals surface area (Å²) < 4.78 is 49.4. The average Bonchev–Trinajstić information content (AvgIpc) is 3.58. The Morgan fingerprint density at radius 2 is 1.73 bits per heavy atom. The fourth-order valence-electron chi connectivity index (χ4n) is 5.73. The number of hydrogen-bond acceptors (Lipinski definition) is 8. The molecule has 0 N–H and O–H groups in total. The first-order valence-electron chi connectivity index (χ1n) is 17.3. The van der Waals surface area contributed by atoms with E-state index < -0.39 is 18.1 Å². The van der Waals surface area contributed by atoms with Crippen molar-refractivity contribution in [1.82, 2.24) is 14.7 Å². The molecular formula is C37H52N4O6SSi. The topological polar surface area (TPSA) is 117 Å². The van der Waals surface area contributed by atoms with Crippen LogP contribution in [-0.4, -0.2) is 57.1 Å². The molecule has 0 saturated heterocycles. The van der Waals surface area contributed by atoms with Gasteiger partial charge < -0.3 is 18.6 Å². The van der Waals surface area contributed by atoms with Gasteiger partial charge in [0.05, 0.1) is 22.9 Å². The molecule has 0 aliphatic carbocycles. The van der Waals surface area contributed by atoms with E-state index in [0.29, 0.717) is 48.5 Å². The maximum absolute atomic E-state index is 14.6. The standard InChI is InChI=1S/C37H52N4O6SSi/c1-10-16-34-38-32(12-3)35(37(42)46-13-4)40(34)24-28-19-20-30(29(11-2)23-28)31-17-14-15-18-33(31)48(43,44)41(25-45-21-22-49(7,8)9)36-26(5)27(6)39-47-36/h14-15,17-20,23H,10-13,16,21-22,24-25H2,1-9H3. The molecule has 0 unspecified atom stereocenters. The molecule has 0 fully saturated rings. The highest BCUT2D eigenvalue weighted by molar-refractivity contribution is 7.93. The van der Waals surface area contributed by atoms with Crippen molar-refractivity contribution in [3.63, 3.8) is 0 Å². The fraction of sp³-hybridized carbons (Fsp3) is 0.486. The van der Waals surface area contributed by atoms with Gasteiger partial charge in [-0.05, 0) is 68.8 Å². The van der Waals surface area contributed by atoms with Crippen LogP contribution in [0.3, 0.4) is 0 Å². The van der Waals surface area contributed by atoms with Gasteiger partial charge in [-0.25, -0.2) is 22.5 Å². The SMILES string of the molecule is CCCc1nc(CC)c(C(=O)OCC)n1Cc1ccc(-c2ccccc2S(=O)(=O)N(COCC[Si](C)(C)C)c2onc(C)c2C)c(CC)c1. The van der Waals surface area contributed by atoms with E-state index in [1.165, 1.54) is 4.31 Å². The van der Waals surface area contributed by atoms with Crippen LogP contribution in [0.4, 0.5) is 5.88 Å². The molecule has 2 aromatic carbocycles. The molecule has 266 valence electrons. The second-order valence-corrected chi connectivity index (χ2v) is 20.9. The summed E-state index contributed by atoms with van der Waals surface area (Å²) in [7, 11) is -5.55. The molecule has 10 nitrogen and oxygen atoms in total. The number of carbonyl (C=O) groups is 1. The summed E-state index contributed by atoms with van der Waals surface area (Å²) in [6.45, 7) is 19.3. The Morgan fingerprint density at radius 1 is 1.00 bits per heavy atom. The zero-order chi connectivity index (χ0) is 35.9. The van der Waals surface area contributed by atoms with Crippen LogP contribution >= 0.6 is 0 Å². The van der Waals surface area contributed by atoms with Gasteiger partial charge in [0, 0.05) is 38.8 Å². The van der Waals surface area contributed by atoms with E-state index in [-0.39, 0.29) is 30.1 Å². The van der Waals surface area contributed by atoms with Crippen LogP contribution in [0.15, 0.2) is 51.9 Å². The third kappa shape index (κ3) is 8.71. The first-order valence-corrected chi connectivity index (χ1v) is 22.4. The number of aromatic nitrogens is 3. The monoisotopic (exact) mass is 708 g/mol. The number of nitrogens with zero attached hydrogens (tertiary/aromatic N) is 4. The van der Waals surface area contributed by atoms with Gasteiger partial charge in [0.1, 0.15) is 12.6 Å². The first kappa shape index (κ1) is 38.1. The number of hydrogen-bond donors (Lipinski definition) is 0. The van der Waals surface area contributed by atoms with Gasteiger partial charge in [0.25, 0.3) is 10.0 Å². The van der Waals surface area contributed by atoms with Crippen LogP contribution in [0.25, 0.3) is 11.1 Å². The highest BCUT2D eigenvalue weighted by Gasteiger charge is 2.33. The lowest BCUT2D eigenvalue weighted by Crippen LogP contribution is -2.34. The number of benzene rings is 2. The van der Waals surface area contributed by atoms with Crippen LogP contribution in [0.5, 0.6) is 0 Å². The fourth-order valence-corrected chi connectivity index (χ4v) is 8.03. The van der Waals surface area contributed by atoms with Crippen LogP contribution < -0.4 is 4.31 Å². The van der Waals surface area contributed by atoms with Crippen molar-refractivity contribution < 1.29 is 27.2 Å². The minimum absolute atomic E-state index is 0.150. The summed E-state index contributed by atoms with van der Waals surface area (Å²) in [6.07, 6.45) is 2.91. The molecule has 0 radical (unpaired) electrons. The first-order chi connectivity index (χ1) is 23.3. The van der Waals surface area contributed by atoms with Crippen LogP contribution in [0.2, 0.25) is 25.7 Å². The highest BCUT2D eigenvalue weighted by Crippen LogP contribution is 2.36. The number of anilines is 1. The molecule has 2 heterocycles. The van der Waals surface area contributed by atoms with Gasteiger partial charge in [-0.1, -0.05) is 82.0 Å². The van der Waals surface area contributed by atoms with Crippen molar-refractivity contribution in [2.45, 2.75) is 104 Å². The average molecular weight is 709 g/mol. The van der Waals surface area contributed by atoms with Gasteiger partial charge >= 0.3 is 5.97 Å². The Bertz CT molecular complexity index is 1860. The third-order valence-electron chi connectivity index (χ3n) is 8.60. The van der Waals surface area contributed by atoms with E-state index in [9.17, 15) is 13.2 Å². The van der Waals surface area contributed by atoms with Gasteiger partial charge in [-0.3, -0.25) is 0 Å². The third-order valence-corrected chi connectivity index (χ3v) is 12.1. The van der Waals surface area contributed by atoms with Gasteiger partial charge in [0.15, 0.2) is 5.69 Å². The van der Waals surface area contributed by atoms with E-state index >= 15 is 0 Å². The largest absolute Gasteiger partial charge is 0.461 e. The molecule has 0 aliphatic rings. The van der Waals surface area contributed by atoms with Gasteiger partial charge in [0.2, 0.25) is 5.88 Å². The van der Waals surface area contributed by atoms with E-state index in [1.54, 1.807) is 32.9 Å². The van der Waals surface area contributed by atoms with E-state index in [2.05, 4.69) is 44.7 Å². The quantitative estimate of drug-likeness (QED) is 0.0470. The molecule has 0 saturated carbocycles. The van der Waals surface area contributed by atoms with Crippen molar-refractivity contribution in [1.29, 1.82) is 0 Å². The highest BCUT2D eigenvalue weighted by atomic mass is 32.2. The minimum atomic E-state index is -4.15. The molecule has 12 heteroatoms. The zero-order valence-corrected chi connectivity index (χ0v) is 32.4. The van der Waals surface area contributed by atoms with E-state index in [4.69, 9.17) is 19.0 Å². The molecule has 0 aliphatic heterocycles. The van der Waals surface area contributed by atoms with E-state index in [1.807, 2.05) is 35.8 Å². The van der Waals surface area contributed by atoms with Crippen LogP contribution in [0.1, 0.15) is 78.5 Å². The van der Waals surface area contributed by atoms with Crippen molar-refractivity contribution in [3.05, 3.63) is 82.1 Å². The number of imidazole rings is 1. The lowest BCUT2D eigenvalue weighted by molar-refractivity contribution is 0.0512. The number of sulfonamides is 1. The van der Waals surface area contributed by atoms with Crippen LogP contribution in [-0.2, 0) is 45.3 Å². The molecule has 49 heavy (non-hydrogen) atoms. The molecule has 4 aromatic rings. The lowest BCUT2D eigenvalue weighted by Gasteiger charge is -2.24. The summed E-state index contributed by atoms with van der Waals surface area (Å²) in [5.41, 5.74) is 5.85. The van der Waals surface area contributed by atoms with E-state index in [0.717, 1.165) is 47.1 Å². The Balaban J connectivity index is 1.77. The number of esters is 1. The maximum atomic E-state index is 14.6. The summed E-state index contributed by atoms with van der Waals surface area (Å²) in [5, 5.41) is 4.05.